The number of alkyl halides is 2. The molecule has 3 aromatic rings. The SMILES string of the molecule is Cc1ccc(-c2c(C)sc(=Nc3ccc(OC(F)F)cc3)n2CCO)cc1. The highest BCUT2D eigenvalue weighted by atomic mass is 32.1. The first-order valence-electron chi connectivity index (χ1n) is 8.45. The number of aromatic nitrogens is 1. The summed E-state index contributed by atoms with van der Waals surface area (Å²) in [6.45, 7) is 1.61. The lowest BCUT2D eigenvalue weighted by Crippen LogP contribution is -2.18. The normalized spacial score (nSPS) is 12.0. The molecule has 4 nitrogen and oxygen atoms in total. The summed E-state index contributed by atoms with van der Waals surface area (Å²) in [4.78, 5) is 6.45. The van der Waals surface area contributed by atoms with Gasteiger partial charge in [-0.2, -0.15) is 8.78 Å². The van der Waals surface area contributed by atoms with E-state index in [2.05, 4.69) is 21.9 Å². The van der Waals surface area contributed by atoms with Crippen molar-refractivity contribution in [1.82, 2.24) is 4.57 Å². The highest BCUT2D eigenvalue weighted by Gasteiger charge is 2.12. The molecule has 1 heterocycles. The first-order valence-corrected chi connectivity index (χ1v) is 9.27. The first kappa shape index (κ1) is 19.3. The minimum absolute atomic E-state index is 0.0105. The van der Waals surface area contributed by atoms with Gasteiger partial charge in [0.1, 0.15) is 5.75 Å². The maximum absolute atomic E-state index is 12.3. The summed E-state index contributed by atoms with van der Waals surface area (Å²) < 4.78 is 30.9. The first-order chi connectivity index (χ1) is 13.0. The van der Waals surface area contributed by atoms with Crippen molar-refractivity contribution in [3.63, 3.8) is 0 Å². The van der Waals surface area contributed by atoms with Crippen molar-refractivity contribution in [3.05, 3.63) is 63.8 Å². The van der Waals surface area contributed by atoms with Gasteiger partial charge >= 0.3 is 6.61 Å². The van der Waals surface area contributed by atoms with Gasteiger partial charge in [-0.1, -0.05) is 29.8 Å². The third-order valence-corrected chi connectivity index (χ3v) is 5.01. The molecule has 0 amide bonds. The van der Waals surface area contributed by atoms with Gasteiger partial charge < -0.3 is 14.4 Å². The van der Waals surface area contributed by atoms with E-state index in [1.165, 1.54) is 29.0 Å². The second-order valence-corrected chi connectivity index (χ2v) is 7.20. The van der Waals surface area contributed by atoms with Crippen molar-refractivity contribution in [2.24, 2.45) is 4.99 Å². The van der Waals surface area contributed by atoms with E-state index < -0.39 is 6.61 Å². The molecule has 7 heteroatoms. The van der Waals surface area contributed by atoms with Gasteiger partial charge in [-0.15, -0.1) is 11.3 Å². The molecule has 0 aliphatic carbocycles. The Morgan fingerprint density at radius 3 is 2.33 bits per heavy atom. The van der Waals surface area contributed by atoms with Crippen molar-refractivity contribution in [3.8, 4) is 17.0 Å². The third kappa shape index (κ3) is 4.61. The Kier molecular flexibility index (Phi) is 6.03. The molecule has 0 saturated carbocycles. The Morgan fingerprint density at radius 2 is 1.74 bits per heavy atom. The van der Waals surface area contributed by atoms with Crippen LogP contribution in [-0.4, -0.2) is 22.9 Å². The predicted molar refractivity (Wildman–Crippen MR) is 103 cm³/mol. The summed E-state index contributed by atoms with van der Waals surface area (Å²) >= 11 is 1.52. The van der Waals surface area contributed by atoms with Crippen LogP contribution >= 0.6 is 11.3 Å². The van der Waals surface area contributed by atoms with Gasteiger partial charge in [-0.05, 0) is 43.7 Å². The molecule has 2 aromatic carbocycles. The van der Waals surface area contributed by atoms with Crippen molar-refractivity contribution < 1.29 is 18.6 Å². The van der Waals surface area contributed by atoms with Crippen molar-refractivity contribution >= 4 is 17.0 Å². The Balaban J connectivity index is 2.03. The van der Waals surface area contributed by atoms with Crippen LogP contribution in [0.25, 0.3) is 11.3 Å². The number of halogens is 2. The highest BCUT2D eigenvalue weighted by molar-refractivity contribution is 7.09. The van der Waals surface area contributed by atoms with Crippen molar-refractivity contribution in [2.75, 3.05) is 6.61 Å². The third-order valence-electron chi connectivity index (χ3n) is 4.01. The van der Waals surface area contributed by atoms with Crippen molar-refractivity contribution in [2.45, 2.75) is 27.0 Å². The molecule has 3 rings (SSSR count). The van der Waals surface area contributed by atoms with Crippen LogP contribution < -0.4 is 9.54 Å². The van der Waals surface area contributed by atoms with E-state index in [0.717, 1.165) is 20.9 Å². The van der Waals surface area contributed by atoms with Crippen LogP contribution in [-0.2, 0) is 6.54 Å². The zero-order valence-corrected chi connectivity index (χ0v) is 15.8. The molecule has 1 N–H and O–H groups in total. The zero-order valence-electron chi connectivity index (χ0n) is 15.0. The lowest BCUT2D eigenvalue weighted by Gasteiger charge is -2.09. The molecule has 0 aliphatic heterocycles. The molecule has 0 atom stereocenters. The van der Waals surface area contributed by atoms with Crippen molar-refractivity contribution in [1.29, 1.82) is 0 Å². The largest absolute Gasteiger partial charge is 0.435 e. The molecule has 0 spiro atoms. The number of aliphatic hydroxyl groups excluding tert-OH is 1. The molecule has 27 heavy (non-hydrogen) atoms. The van der Waals surface area contributed by atoms with E-state index in [1.807, 2.05) is 30.5 Å². The van der Waals surface area contributed by atoms with Crippen LogP contribution in [0.2, 0.25) is 0 Å². The molecule has 0 bridgehead atoms. The molecule has 1 aromatic heterocycles. The van der Waals surface area contributed by atoms with E-state index in [0.29, 0.717) is 12.2 Å². The Bertz CT molecular complexity index is 961. The summed E-state index contributed by atoms with van der Waals surface area (Å²) in [5.41, 5.74) is 3.88. The summed E-state index contributed by atoms with van der Waals surface area (Å²) in [7, 11) is 0. The van der Waals surface area contributed by atoms with Gasteiger partial charge in [-0.3, -0.25) is 0 Å². The maximum Gasteiger partial charge on any atom is 0.387 e. The van der Waals surface area contributed by atoms with Crippen LogP contribution in [0.1, 0.15) is 10.4 Å². The monoisotopic (exact) mass is 390 g/mol. The molecule has 0 radical (unpaired) electrons. The number of hydrogen-bond acceptors (Lipinski definition) is 4. The van der Waals surface area contributed by atoms with Crippen LogP contribution in [0.15, 0.2) is 53.5 Å². The fourth-order valence-corrected chi connectivity index (χ4v) is 3.84. The average molecular weight is 390 g/mol. The standard InChI is InChI=1S/C20H20F2N2O2S/c1-13-3-5-15(6-4-13)18-14(2)27-20(24(18)11-12-25)23-16-7-9-17(10-8-16)26-19(21)22/h3-10,19,25H,11-12H2,1-2H3. The molecule has 0 unspecified atom stereocenters. The molecule has 0 aliphatic rings. The second-order valence-electron chi connectivity index (χ2n) is 6.01. The Hall–Kier alpha value is -2.51. The number of hydrogen-bond donors (Lipinski definition) is 1. The number of ether oxygens (including phenoxy) is 1. The summed E-state index contributed by atoms with van der Waals surface area (Å²) in [6.07, 6.45) is 0. The minimum atomic E-state index is -2.85. The Labute approximate surface area is 160 Å². The van der Waals surface area contributed by atoms with E-state index >= 15 is 0 Å². The lowest BCUT2D eigenvalue weighted by atomic mass is 10.1. The summed E-state index contributed by atoms with van der Waals surface area (Å²) in [6, 6.07) is 14.4. The maximum atomic E-state index is 12.3. The van der Waals surface area contributed by atoms with Crippen LogP contribution in [0.3, 0.4) is 0 Å². The average Bonchev–Trinajstić information content (AvgIpc) is 2.93. The van der Waals surface area contributed by atoms with Gasteiger partial charge in [0, 0.05) is 11.4 Å². The van der Waals surface area contributed by atoms with E-state index in [1.54, 1.807) is 12.1 Å². The molecule has 142 valence electrons. The quantitative estimate of drug-likeness (QED) is 0.665. The van der Waals surface area contributed by atoms with Gasteiger partial charge in [0.25, 0.3) is 0 Å². The number of aryl methyl sites for hydroxylation is 2. The summed E-state index contributed by atoms with van der Waals surface area (Å²) in [5.74, 6) is 0.0925. The highest BCUT2D eigenvalue weighted by Crippen LogP contribution is 2.26. The second kappa shape index (κ2) is 8.45. The van der Waals surface area contributed by atoms with Crippen LogP contribution in [0.4, 0.5) is 14.5 Å². The topological polar surface area (TPSA) is 46.8 Å². The molecular formula is C20H20F2N2O2S. The Morgan fingerprint density at radius 1 is 1.07 bits per heavy atom. The number of benzene rings is 2. The fourth-order valence-electron chi connectivity index (χ4n) is 2.80. The van der Waals surface area contributed by atoms with E-state index in [9.17, 15) is 13.9 Å². The fraction of sp³-hybridized carbons (Fsp3) is 0.250. The van der Waals surface area contributed by atoms with Gasteiger partial charge in [0.05, 0.1) is 18.0 Å². The number of thiazole rings is 1. The predicted octanol–water partition coefficient (Wildman–Crippen LogP) is 4.66. The molecule has 0 fully saturated rings. The lowest BCUT2D eigenvalue weighted by molar-refractivity contribution is -0.0498. The molecule has 0 saturated heterocycles. The smallest absolute Gasteiger partial charge is 0.387 e. The van der Waals surface area contributed by atoms with Gasteiger partial charge in [0.15, 0.2) is 4.80 Å². The minimum Gasteiger partial charge on any atom is -0.435 e. The van der Waals surface area contributed by atoms with Gasteiger partial charge in [0.2, 0.25) is 0 Å². The van der Waals surface area contributed by atoms with Crippen LogP contribution in [0.5, 0.6) is 5.75 Å². The zero-order chi connectivity index (χ0) is 19.4. The van der Waals surface area contributed by atoms with E-state index in [4.69, 9.17) is 0 Å². The molecular weight excluding hydrogens is 370 g/mol. The number of nitrogens with zero attached hydrogens (tertiary/aromatic N) is 2. The summed E-state index contributed by atoms with van der Waals surface area (Å²) in [5, 5.41) is 9.51. The van der Waals surface area contributed by atoms with E-state index in [-0.39, 0.29) is 12.4 Å². The van der Waals surface area contributed by atoms with Crippen LogP contribution in [0, 0.1) is 13.8 Å². The number of rotatable bonds is 6. The number of aliphatic hydroxyl groups is 1. The van der Waals surface area contributed by atoms with Gasteiger partial charge in [-0.25, -0.2) is 4.99 Å².